The normalized spacial score (nSPS) is 46.5. The molecule has 1 aliphatic heterocycles. The SMILES string of the molecule is CC1=CC[C@@H]([C@H]2OC[C@H]3[C@@H](C)[C@@H]2C(C)=C[C@H]3C)CC1. The van der Waals surface area contributed by atoms with Gasteiger partial charge in [-0.1, -0.05) is 37.1 Å². The average molecular weight is 260 g/mol. The lowest BCUT2D eigenvalue weighted by atomic mass is 9.63. The molecule has 0 aromatic heterocycles. The molecule has 2 bridgehead atoms. The van der Waals surface area contributed by atoms with E-state index in [2.05, 4.69) is 39.8 Å². The minimum atomic E-state index is 0.472. The molecule has 0 saturated carbocycles. The van der Waals surface area contributed by atoms with Gasteiger partial charge >= 0.3 is 0 Å². The topological polar surface area (TPSA) is 9.23 Å². The van der Waals surface area contributed by atoms with E-state index in [9.17, 15) is 0 Å². The Balaban J connectivity index is 1.82. The van der Waals surface area contributed by atoms with Crippen LogP contribution in [0.25, 0.3) is 0 Å². The Labute approximate surface area is 118 Å². The first-order valence-corrected chi connectivity index (χ1v) is 8.03. The number of hydrogen-bond acceptors (Lipinski definition) is 1. The van der Waals surface area contributed by atoms with Crippen LogP contribution < -0.4 is 0 Å². The third-order valence-corrected chi connectivity index (χ3v) is 5.95. The van der Waals surface area contributed by atoms with Crippen molar-refractivity contribution in [1.29, 1.82) is 0 Å². The van der Waals surface area contributed by atoms with E-state index in [1.54, 1.807) is 11.1 Å². The van der Waals surface area contributed by atoms with Gasteiger partial charge in [-0.05, 0) is 56.8 Å². The van der Waals surface area contributed by atoms with E-state index in [4.69, 9.17) is 4.74 Å². The minimum absolute atomic E-state index is 0.472. The quantitative estimate of drug-likeness (QED) is 0.626. The van der Waals surface area contributed by atoms with Gasteiger partial charge in [0.25, 0.3) is 0 Å². The van der Waals surface area contributed by atoms with E-state index in [-0.39, 0.29) is 0 Å². The largest absolute Gasteiger partial charge is 0.377 e. The van der Waals surface area contributed by atoms with Crippen LogP contribution in [0.2, 0.25) is 0 Å². The molecule has 1 saturated heterocycles. The zero-order chi connectivity index (χ0) is 13.6. The number of ether oxygens (including phenoxy) is 1. The summed E-state index contributed by atoms with van der Waals surface area (Å²) in [5.74, 6) is 3.65. The smallest absolute Gasteiger partial charge is 0.0674 e. The van der Waals surface area contributed by atoms with E-state index in [0.29, 0.717) is 17.9 Å². The molecule has 0 radical (unpaired) electrons. The van der Waals surface area contributed by atoms with Crippen molar-refractivity contribution >= 4 is 0 Å². The third-order valence-electron chi connectivity index (χ3n) is 5.95. The van der Waals surface area contributed by atoms with Gasteiger partial charge in [0.05, 0.1) is 12.7 Å². The zero-order valence-electron chi connectivity index (χ0n) is 12.9. The lowest BCUT2D eigenvalue weighted by molar-refractivity contribution is -0.117. The van der Waals surface area contributed by atoms with Crippen molar-refractivity contribution in [1.82, 2.24) is 0 Å². The summed E-state index contributed by atoms with van der Waals surface area (Å²) in [6, 6.07) is 0. The summed E-state index contributed by atoms with van der Waals surface area (Å²) < 4.78 is 6.36. The highest BCUT2D eigenvalue weighted by Gasteiger charge is 2.45. The van der Waals surface area contributed by atoms with E-state index < -0.39 is 0 Å². The van der Waals surface area contributed by atoms with E-state index in [1.807, 2.05) is 0 Å². The Morgan fingerprint density at radius 3 is 2.68 bits per heavy atom. The molecule has 1 fully saturated rings. The Kier molecular flexibility index (Phi) is 3.59. The fraction of sp³-hybridized carbons (Fsp3) is 0.778. The van der Waals surface area contributed by atoms with Gasteiger partial charge in [-0.25, -0.2) is 0 Å². The predicted molar refractivity (Wildman–Crippen MR) is 79.9 cm³/mol. The molecule has 0 aromatic carbocycles. The summed E-state index contributed by atoms with van der Waals surface area (Å²) in [7, 11) is 0. The second kappa shape index (κ2) is 5.09. The monoisotopic (exact) mass is 260 g/mol. The summed E-state index contributed by atoms with van der Waals surface area (Å²) >= 11 is 0. The molecule has 1 heterocycles. The second-order valence-corrected chi connectivity index (χ2v) is 7.20. The Bertz CT molecular complexity index is 406. The van der Waals surface area contributed by atoms with Crippen molar-refractivity contribution in [2.45, 2.75) is 53.1 Å². The Hall–Kier alpha value is -0.560. The first kappa shape index (κ1) is 13.4. The Morgan fingerprint density at radius 2 is 2.00 bits per heavy atom. The van der Waals surface area contributed by atoms with Crippen LogP contribution in [0.4, 0.5) is 0 Å². The molecule has 0 spiro atoms. The average Bonchev–Trinajstić information content (AvgIpc) is 2.37. The van der Waals surface area contributed by atoms with Gasteiger partial charge < -0.3 is 4.74 Å². The molecule has 3 rings (SSSR count). The van der Waals surface area contributed by atoms with Crippen molar-refractivity contribution in [2.24, 2.45) is 29.6 Å². The van der Waals surface area contributed by atoms with Crippen LogP contribution in [0.3, 0.4) is 0 Å². The van der Waals surface area contributed by atoms with Gasteiger partial charge in [-0.15, -0.1) is 0 Å². The van der Waals surface area contributed by atoms with Gasteiger partial charge in [-0.3, -0.25) is 0 Å². The van der Waals surface area contributed by atoms with Crippen molar-refractivity contribution in [2.75, 3.05) is 6.61 Å². The van der Waals surface area contributed by atoms with Crippen LogP contribution in [0.15, 0.2) is 23.3 Å². The molecular formula is C18H28O. The van der Waals surface area contributed by atoms with Crippen LogP contribution in [-0.2, 0) is 4.74 Å². The predicted octanol–water partition coefficient (Wildman–Crippen LogP) is 4.60. The minimum Gasteiger partial charge on any atom is -0.377 e. The van der Waals surface area contributed by atoms with Crippen molar-refractivity contribution < 1.29 is 4.74 Å². The highest BCUT2D eigenvalue weighted by Crippen LogP contribution is 2.47. The fourth-order valence-corrected chi connectivity index (χ4v) is 4.71. The molecule has 0 unspecified atom stereocenters. The van der Waals surface area contributed by atoms with E-state index in [1.165, 1.54) is 19.3 Å². The van der Waals surface area contributed by atoms with Crippen molar-refractivity contribution in [3.05, 3.63) is 23.3 Å². The third kappa shape index (κ3) is 2.31. The van der Waals surface area contributed by atoms with Crippen LogP contribution in [0.5, 0.6) is 0 Å². The number of fused-ring (bicyclic) bond motifs is 2. The molecule has 2 aliphatic carbocycles. The zero-order valence-corrected chi connectivity index (χ0v) is 12.9. The molecule has 0 N–H and O–H groups in total. The molecule has 19 heavy (non-hydrogen) atoms. The molecule has 3 aliphatic rings. The first-order valence-electron chi connectivity index (χ1n) is 8.03. The number of allylic oxidation sites excluding steroid dienone is 3. The summed E-state index contributed by atoms with van der Waals surface area (Å²) in [6.45, 7) is 10.4. The fourth-order valence-electron chi connectivity index (χ4n) is 4.71. The molecule has 6 atom stereocenters. The summed E-state index contributed by atoms with van der Waals surface area (Å²) in [4.78, 5) is 0. The van der Waals surface area contributed by atoms with Crippen LogP contribution >= 0.6 is 0 Å². The van der Waals surface area contributed by atoms with E-state index >= 15 is 0 Å². The van der Waals surface area contributed by atoms with Gasteiger partial charge in [0.1, 0.15) is 0 Å². The second-order valence-electron chi connectivity index (χ2n) is 7.20. The molecule has 0 aromatic rings. The molecule has 1 heteroatoms. The first-order chi connectivity index (χ1) is 9.08. The standard InChI is InChI=1S/C18H28O/c1-11-5-7-15(8-6-11)18-17-13(3)9-12(2)16(10-19-18)14(17)4/h5,9,12,14-18H,6-8,10H2,1-4H3/t12-,14-,15-,16-,17+,18-/m1/s1. The maximum absolute atomic E-state index is 6.36. The highest BCUT2D eigenvalue weighted by molar-refractivity contribution is 5.18. The number of hydrogen-bond donors (Lipinski definition) is 0. The van der Waals surface area contributed by atoms with Crippen LogP contribution in [0.1, 0.15) is 47.0 Å². The molecule has 106 valence electrons. The summed E-state index contributed by atoms with van der Waals surface area (Å²) in [6.07, 6.45) is 9.26. The van der Waals surface area contributed by atoms with Gasteiger partial charge in [0, 0.05) is 5.92 Å². The van der Waals surface area contributed by atoms with Gasteiger partial charge in [0.15, 0.2) is 0 Å². The molecular weight excluding hydrogens is 232 g/mol. The Morgan fingerprint density at radius 1 is 1.21 bits per heavy atom. The van der Waals surface area contributed by atoms with Crippen LogP contribution in [0, 0.1) is 29.6 Å². The summed E-state index contributed by atoms with van der Waals surface area (Å²) in [5.41, 5.74) is 3.16. The summed E-state index contributed by atoms with van der Waals surface area (Å²) in [5, 5.41) is 0. The number of rotatable bonds is 1. The van der Waals surface area contributed by atoms with Crippen molar-refractivity contribution in [3.63, 3.8) is 0 Å². The van der Waals surface area contributed by atoms with Crippen molar-refractivity contribution in [3.8, 4) is 0 Å². The van der Waals surface area contributed by atoms with Gasteiger partial charge in [0.2, 0.25) is 0 Å². The lowest BCUT2D eigenvalue weighted by Gasteiger charge is -2.50. The lowest BCUT2D eigenvalue weighted by Crippen LogP contribution is -2.49. The molecule has 1 nitrogen and oxygen atoms in total. The highest BCUT2D eigenvalue weighted by atomic mass is 16.5. The maximum atomic E-state index is 6.36. The molecule has 0 amide bonds. The van der Waals surface area contributed by atoms with E-state index in [0.717, 1.165) is 24.4 Å². The van der Waals surface area contributed by atoms with Gasteiger partial charge in [-0.2, -0.15) is 0 Å². The van der Waals surface area contributed by atoms with Crippen LogP contribution in [-0.4, -0.2) is 12.7 Å². The maximum Gasteiger partial charge on any atom is 0.0674 e.